The van der Waals surface area contributed by atoms with E-state index in [0.717, 1.165) is 16.4 Å². The van der Waals surface area contributed by atoms with Crippen LogP contribution < -0.4 is 10.5 Å². The molecule has 18 heavy (non-hydrogen) atoms. The van der Waals surface area contributed by atoms with E-state index in [0.29, 0.717) is 11.4 Å². The fourth-order valence-corrected chi connectivity index (χ4v) is 2.05. The van der Waals surface area contributed by atoms with E-state index in [1.54, 1.807) is 30.4 Å². The molecule has 7 heteroatoms. The van der Waals surface area contributed by atoms with E-state index >= 15 is 0 Å². The summed E-state index contributed by atoms with van der Waals surface area (Å²) in [4.78, 5) is 5.03. The van der Waals surface area contributed by atoms with Crippen LogP contribution in [0.25, 0.3) is 11.5 Å². The molecule has 0 unspecified atom stereocenters. The molecule has 0 aliphatic heterocycles. The van der Waals surface area contributed by atoms with Crippen molar-refractivity contribution in [1.82, 2.24) is 19.2 Å². The minimum atomic E-state index is 0.601. The van der Waals surface area contributed by atoms with Gasteiger partial charge >= 0.3 is 0 Å². The van der Waals surface area contributed by atoms with E-state index in [1.807, 2.05) is 16.7 Å². The Morgan fingerprint density at radius 3 is 2.83 bits per heavy atom. The number of thiol groups is 1. The van der Waals surface area contributed by atoms with Crippen molar-refractivity contribution in [2.45, 2.75) is 4.90 Å². The average Bonchev–Trinajstić information content (AvgIpc) is 2.94. The molecule has 3 aromatic rings. The van der Waals surface area contributed by atoms with Crippen LogP contribution in [-0.2, 0) is 0 Å². The molecule has 3 heterocycles. The number of fused-ring (bicyclic) bond motifs is 1. The first-order chi connectivity index (χ1) is 8.69. The Morgan fingerprint density at radius 1 is 1.33 bits per heavy atom. The van der Waals surface area contributed by atoms with Crippen LogP contribution in [0.2, 0.25) is 0 Å². The molecule has 0 bridgehead atoms. The monoisotopic (exact) mass is 261 g/mol. The molecule has 2 N–H and O–H groups in total. The second-order valence-corrected chi connectivity index (χ2v) is 4.27. The van der Waals surface area contributed by atoms with Crippen LogP contribution in [0, 0.1) is 0 Å². The van der Waals surface area contributed by atoms with Crippen molar-refractivity contribution in [3.63, 3.8) is 0 Å². The van der Waals surface area contributed by atoms with Crippen LogP contribution in [0.4, 0.5) is 5.69 Å². The van der Waals surface area contributed by atoms with Gasteiger partial charge in [-0.15, -0.1) is 12.6 Å². The number of nitrogens with zero attached hydrogens (tertiary/aromatic N) is 4. The molecule has 0 aliphatic rings. The summed E-state index contributed by atoms with van der Waals surface area (Å²) in [7, 11) is 1.60. The zero-order valence-electron chi connectivity index (χ0n) is 9.61. The van der Waals surface area contributed by atoms with Crippen molar-refractivity contribution in [1.29, 1.82) is 0 Å². The standard InChI is InChI=1S/C11H11N5OS/c1-17-8-2-10-13-4-11(15(10)6-9(8)18)16-5-7(12)3-14-16/h2-6,18H,12H2,1H3. The Balaban J connectivity index is 2.23. The van der Waals surface area contributed by atoms with Gasteiger partial charge in [-0.3, -0.25) is 4.40 Å². The van der Waals surface area contributed by atoms with E-state index < -0.39 is 0 Å². The predicted octanol–water partition coefficient (Wildman–Crippen LogP) is 1.40. The van der Waals surface area contributed by atoms with Crippen LogP contribution in [0.5, 0.6) is 5.75 Å². The molecule has 0 atom stereocenters. The van der Waals surface area contributed by atoms with Gasteiger partial charge in [0.1, 0.15) is 11.4 Å². The molecule has 3 rings (SSSR count). The maximum atomic E-state index is 5.66. The largest absolute Gasteiger partial charge is 0.495 e. The van der Waals surface area contributed by atoms with Gasteiger partial charge in [-0.2, -0.15) is 5.10 Å². The fraction of sp³-hybridized carbons (Fsp3) is 0.0909. The summed E-state index contributed by atoms with van der Waals surface area (Å²) < 4.78 is 8.73. The molecule has 0 spiro atoms. The third-order valence-electron chi connectivity index (χ3n) is 2.63. The molecule has 0 amide bonds. The maximum absolute atomic E-state index is 5.66. The normalized spacial score (nSPS) is 11.0. The molecule has 6 nitrogen and oxygen atoms in total. The Labute approximate surface area is 108 Å². The molecule has 92 valence electrons. The zero-order valence-corrected chi connectivity index (χ0v) is 10.5. The quantitative estimate of drug-likeness (QED) is 0.684. The lowest BCUT2D eigenvalue weighted by Gasteiger charge is -2.06. The molecule has 0 saturated heterocycles. The molecule has 0 aliphatic carbocycles. The lowest BCUT2D eigenvalue weighted by atomic mass is 10.4. The molecule has 0 radical (unpaired) electrons. The number of pyridine rings is 1. The third-order valence-corrected chi connectivity index (χ3v) is 2.96. The highest BCUT2D eigenvalue weighted by Gasteiger charge is 2.09. The van der Waals surface area contributed by atoms with Crippen LogP contribution in [0.15, 0.2) is 35.7 Å². The van der Waals surface area contributed by atoms with Gasteiger partial charge in [0.25, 0.3) is 0 Å². The predicted molar refractivity (Wildman–Crippen MR) is 70.5 cm³/mol. The minimum absolute atomic E-state index is 0.601. The molecular formula is C11H11N5OS. The number of nitrogens with two attached hydrogens (primary N) is 1. The van der Waals surface area contributed by atoms with E-state index in [1.165, 1.54) is 0 Å². The van der Waals surface area contributed by atoms with Crippen molar-refractivity contribution in [3.05, 3.63) is 30.9 Å². The van der Waals surface area contributed by atoms with Crippen LogP contribution in [-0.4, -0.2) is 26.3 Å². The topological polar surface area (TPSA) is 70.4 Å². The molecule has 3 aromatic heterocycles. The van der Waals surface area contributed by atoms with Crippen molar-refractivity contribution >= 4 is 24.0 Å². The number of anilines is 1. The Bertz CT molecular complexity index is 717. The first kappa shape index (κ1) is 11.0. The maximum Gasteiger partial charge on any atom is 0.158 e. The molecule has 0 saturated carbocycles. The summed E-state index contributed by atoms with van der Waals surface area (Å²) in [5.41, 5.74) is 7.02. The van der Waals surface area contributed by atoms with Gasteiger partial charge in [-0.25, -0.2) is 9.67 Å². The van der Waals surface area contributed by atoms with Crippen molar-refractivity contribution in [2.24, 2.45) is 0 Å². The van der Waals surface area contributed by atoms with E-state index in [4.69, 9.17) is 10.5 Å². The first-order valence-electron chi connectivity index (χ1n) is 5.23. The lowest BCUT2D eigenvalue weighted by Crippen LogP contribution is -2.00. The second kappa shape index (κ2) is 3.95. The number of imidazole rings is 1. The summed E-state index contributed by atoms with van der Waals surface area (Å²) in [6.45, 7) is 0. The second-order valence-electron chi connectivity index (χ2n) is 3.79. The highest BCUT2D eigenvalue weighted by atomic mass is 32.1. The smallest absolute Gasteiger partial charge is 0.158 e. The van der Waals surface area contributed by atoms with Gasteiger partial charge in [0, 0.05) is 12.3 Å². The first-order valence-corrected chi connectivity index (χ1v) is 5.68. The van der Waals surface area contributed by atoms with Crippen LogP contribution in [0.3, 0.4) is 0 Å². The summed E-state index contributed by atoms with van der Waals surface area (Å²) in [5.74, 6) is 1.47. The fourth-order valence-electron chi connectivity index (χ4n) is 1.78. The van der Waals surface area contributed by atoms with Crippen molar-refractivity contribution in [2.75, 3.05) is 12.8 Å². The highest BCUT2D eigenvalue weighted by Crippen LogP contribution is 2.25. The number of ether oxygens (including phenoxy) is 1. The summed E-state index contributed by atoms with van der Waals surface area (Å²) in [5, 5.41) is 4.16. The van der Waals surface area contributed by atoms with Gasteiger partial charge in [0.05, 0.1) is 36.3 Å². The Morgan fingerprint density at radius 2 is 2.17 bits per heavy atom. The number of aromatic nitrogens is 4. The van der Waals surface area contributed by atoms with E-state index in [9.17, 15) is 0 Å². The van der Waals surface area contributed by atoms with Gasteiger partial charge in [0.2, 0.25) is 0 Å². The molecule has 0 aromatic carbocycles. The Hall–Kier alpha value is -2.15. The van der Waals surface area contributed by atoms with Gasteiger partial charge < -0.3 is 10.5 Å². The van der Waals surface area contributed by atoms with Crippen LogP contribution >= 0.6 is 12.6 Å². The number of hydrogen-bond acceptors (Lipinski definition) is 5. The lowest BCUT2D eigenvalue weighted by molar-refractivity contribution is 0.404. The van der Waals surface area contributed by atoms with Crippen molar-refractivity contribution < 1.29 is 4.74 Å². The number of hydrogen-bond donors (Lipinski definition) is 2. The van der Waals surface area contributed by atoms with E-state index in [-0.39, 0.29) is 0 Å². The Kier molecular flexibility index (Phi) is 2.41. The average molecular weight is 261 g/mol. The highest BCUT2D eigenvalue weighted by molar-refractivity contribution is 7.80. The number of methoxy groups -OCH3 is 1. The molecular weight excluding hydrogens is 250 g/mol. The minimum Gasteiger partial charge on any atom is -0.495 e. The summed E-state index contributed by atoms with van der Waals surface area (Å²) >= 11 is 4.37. The van der Waals surface area contributed by atoms with Crippen molar-refractivity contribution in [3.8, 4) is 11.6 Å². The summed E-state index contributed by atoms with van der Waals surface area (Å²) in [6.07, 6.45) is 6.86. The van der Waals surface area contributed by atoms with Gasteiger partial charge in [-0.05, 0) is 0 Å². The van der Waals surface area contributed by atoms with E-state index in [2.05, 4.69) is 22.7 Å². The third kappa shape index (κ3) is 1.60. The van der Waals surface area contributed by atoms with Gasteiger partial charge in [0.15, 0.2) is 5.82 Å². The number of nitrogen functional groups attached to an aromatic ring is 1. The molecule has 0 fully saturated rings. The summed E-state index contributed by atoms with van der Waals surface area (Å²) in [6, 6.07) is 1.82. The van der Waals surface area contributed by atoms with Gasteiger partial charge in [-0.1, -0.05) is 0 Å². The van der Waals surface area contributed by atoms with Crippen LogP contribution in [0.1, 0.15) is 0 Å². The zero-order chi connectivity index (χ0) is 12.7. The SMILES string of the molecule is COc1cc2ncc(-n3cc(N)cn3)n2cc1S. The number of rotatable bonds is 2.